The minimum Gasteiger partial charge on any atom is -0.334 e. The predicted octanol–water partition coefficient (Wildman–Crippen LogP) is 1.07. The van der Waals surface area contributed by atoms with E-state index in [0.717, 1.165) is 5.69 Å². The zero-order valence-electron chi connectivity index (χ0n) is 6.53. The fourth-order valence-electron chi connectivity index (χ4n) is 1.37. The molecule has 1 aromatic heterocycles. The first-order valence-corrected chi connectivity index (χ1v) is 4.12. The normalized spacial score (nSPS) is 18.3. The molecule has 0 saturated heterocycles. The van der Waals surface area contributed by atoms with Crippen LogP contribution in [0.25, 0.3) is 0 Å². The quantitative estimate of drug-likeness (QED) is 0.687. The van der Waals surface area contributed by atoms with E-state index >= 15 is 0 Å². The van der Waals surface area contributed by atoms with Crippen molar-refractivity contribution in [1.82, 2.24) is 9.55 Å². The third-order valence-corrected chi connectivity index (χ3v) is 2.36. The molecule has 1 aromatic rings. The van der Waals surface area contributed by atoms with Crippen molar-refractivity contribution in [3.63, 3.8) is 0 Å². The topological polar surface area (TPSA) is 43.8 Å². The van der Waals surface area contributed by atoms with Gasteiger partial charge in [-0.1, -0.05) is 0 Å². The lowest BCUT2D eigenvalue weighted by atomic mass is 9.93. The van der Waals surface area contributed by atoms with Crippen LogP contribution in [0.15, 0.2) is 12.5 Å². The highest BCUT2D eigenvalue weighted by molar-refractivity contribution is 4.98. The molecule has 1 saturated carbocycles. The monoisotopic (exact) mass is 151 g/mol. The number of imidazole rings is 1. The average molecular weight is 151 g/mol. The van der Waals surface area contributed by atoms with Gasteiger partial charge in [0, 0.05) is 18.8 Å². The first kappa shape index (κ1) is 6.85. The summed E-state index contributed by atoms with van der Waals surface area (Å²) >= 11 is 0. The van der Waals surface area contributed by atoms with Crippen LogP contribution in [-0.2, 0) is 6.54 Å². The molecule has 0 amide bonds. The van der Waals surface area contributed by atoms with Gasteiger partial charge in [0.15, 0.2) is 0 Å². The van der Waals surface area contributed by atoms with Gasteiger partial charge in [0.1, 0.15) is 0 Å². The molecule has 2 rings (SSSR count). The molecule has 0 spiro atoms. The summed E-state index contributed by atoms with van der Waals surface area (Å²) in [5.41, 5.74) is 6.44. The molecule has 1 heterocycles. The second-order valence-corrected chi connectivity index (χ2v) is 3.10. The molecule has 0 bridgehead atoms. The number of hydrogen-bond acceptors (Lipinski definition) is 2. The van der Waals surface area contributed by atoms with Crippen LogP contribution in [0.3, 0.4) is 0 Å². The van der Waals surface area contributed by atoms with E-state index in [2.05, 4.69) is 15.7 Å². The van der Waals surface area contributed by atoms with Gasteiger partial charge in [0.05, 0.1) is 12.0 Å². The molecule has 11 heavy (non-hydrogen) atoms. The average Bonchev–Trinajstić information content (AvgIpc) is 2.32. The lowest BCUT2D eigenvalue weighted by Crippen LogP contribution is -2.15. The minimum atomic E-state index is 0.555. The zero-order chi connectivity index (χ0) is 7.68. The number of hydrogen-bond donors (Lipinski definition) is 1. The van der Waals surface area contributed by atoms with E-state index in [-0.39, 0.29) is 0 Å². The summed E-state index contributed by atoms with van der Waals surface area (Å²) in [6, 6.07) is 0.711. The molecule has 3 nitrogen and oxygen atoms in total. The van der Waals surface area contributed by atoms with Crippen LogP contribution in [0.1, 0.15) is 31.0 Å². The van der Waals surface area contributed by atoms with E-state index in [1.807, 2.05) is 6.33 Å². The molecule has 0 atom stereocenters. The number of nitrogens with two attached hydrogens (primary N) is 1. The van der Waals surface area contributed by atoms with Crippen molar-refractivity contribution in [2.75, 3.05) is 0 Å². The molecular formula is C8H13N3. The second-order valence-electron chi connectivity index (χ2n) is 3.10. The van der Waals surface area contributed by atoms with Gasteiger partial charge < -0.3 is 10.3 Å². The van der Waals surface area contributed by atoms with E-state index in [0.29, 0.717) is 12.6 Å². The number of rotatable bonds is 2. The van der Waals surface area contributed by atoms with Gasteiger partial charge in [0.25, 0.3) is 0 Å². The van der Waals surface area contributed by atoms with Crippen molar-refractivity contribution in [3.8, 4) is 0 Å². The van der Waals surface area contributed by atoms with Crippen LogP contribution in [0, 0.1) is 0 Å². The Bertz CT molecular complexity index is 237. The third-order valence-electron chi connectivity index (χ3n) is 2.36. The summed E-state index contributed by atoms with van der Waals surface area (Å²) < 4.78 is 2.19. The minimum absolute atomic E-state index is 0.555. The van der Waals surface area contributed by atoms with E-state index in [1.165, 1.54) is 19.3 Å². The second kappa shape index (κ2) is 2.66. The Balaban J connectivity index is 2.11. The SMILES string of the molecule is NCc1cn(C2CCC2)cn1. The van der Waals surface area contributed by atoms with Crippen LogP contribution >= 0.6 is 0 Å². The molecule has 1 aliphatic rings. The highest BCUT2D eigenvalue weighted by Gasteiger charge is 2.18. The molecule has 0 unspecified atom stereocenters. The predicted molar refractivity (Wildman–Crippen MR) is 43.0 cm³/mol. The lowest BCUT2D eigenvalue weighted by molar-refractivity contribution is 0.313. The summed E-state index contributed by atoms with van der Waals surface area (Å²) in [4.78, 5) is 4.18. The summed E-state index contributed by atoms with van der Waals surface area (Å²) in [5.74, 6) is 0. The summed E-state index contributed by atoms with van der Waals surface area (Å²) in [6.07, 6.45) is 7.93. The lowest BCUT2D eigenvalue weighted by Gasteiger charge is -2.26. The Kier molecular flexibility index (Phi) is 1.66. The molecule has 0 aromatic carbocycles. The maximum atomic E-state index is 5.45. The van der Waals surface area contributed by atoms with Crippen molar-refractivity contribution < 1.29 is 0 Å². The molecule has 0 aliphatic heterocycles. The maximum absolute atomic E-state index is 5.45. The maximum Gasteiger partial charge on any atom is 0.0952 e. The van der Waals surface area contributed by atoms with Gasteiger partial charge in [-0.05, 0) is 19.3 Å². The first-order valence-electron chi connectivity index (χ1n) is 4.12. The van der Waals surface area contributed by atoms with Crippen LogP contribution in [0.4, 0.5) is 0 Å². The van der Waals surface area contributed by atoms with Crippen molar-refractivity contribution in [2.24, 2.45) is 5.73 Å². The largest absolute Gasteiger partial charge is 0.334 e. The number of aromatic nitrogens is 2. The Morgan fingerprint density at radius 3 is 2.91 bits per heavy atom. The summed E-state index contributed by atoms with van der Waals surface area (Å²) in [6.45, 7) is 0.555. The molecular weight excluding hydrogens is 138 g/mol. The molecule has 3 heteroatoms. The molecule has 2 N–H and O–H groups in total. The first-order chi connectivity index (χ1) is 5.40. The van der Waals surface area contributed by atoms with Gasteiger partial charge in [-0.2, -0.15) is 0 Å². The van der Waals surface area contributed by atoms with Gasteiger partial charge in [0.2, 0.25) is 0 Å². The summed E-state index contributed by atoms with van der Waals surface area (Å²) in [5, 5.41) is 0. The van der Waals surface area contributed by atoms with Crippen LogP contribution in [-0.4, -0.2) is 9.55 Å². The fourth-order valence-corrected chi connectivity index (χ4v) is 1.37. The van der Waals surface area contributed by atoms with Crippen molar-refractivity contribution >= 4 is 0 Å². The van der Waals surface area contributed by atoms with Crippen molar-refractivity contribution in [3.05, 3.63) is 18.2 Å². The van der Waals surface area contributed by atoms with E-state index in [4.69, 9.17) is 5.73 Å². The fraction of sp³-hybridized carbons (Fsp3) is 0.625. The molecule has 1 aliphatic carbocycles. The highest BCUT2D eigenvalue weighted by atomic mass is 15.1. The van der Waals surface area contributed by atoms with Gasteiger partial charge >= 0.3 is 0 Å². The Morgan fingerprint density at radius 2 is 2.45 bits per heavy atom. The highest BCUT2D eigenvalue weighted by Crippen LogP contribution is 2.31. The zero-order valence-corrected chi connectivity index (χ0v) is 6.53. The molecule has 60 valence electrons. The van der Waals surface area contributed by atoms with Gasteiger partial charge in [-0.15, -0.1) is 0 Å². The van der Waals surface area contributed by atoms with E-state index < -0.39 is 0 Å². The third kappa shape index (κ3) is 1.16. The van der Waals surface area contributed by atoms with Crippen molar-refractivity contribution in [1.29, 1.82) is 0 Å². The number of nitrogens with zero attached hydrogens (tertiary/aromatic N) is 2. The molecule has 1 fully saturated rings. The van der Waals surface area contributed by atoms with Crippen molar-refractivity contribution in [2.45, 2.75) is 31.8 Å². The molecule has 0 radical (unpaired) electrons. The Labute approximate surface area is 66.2 Å². The van der Waals surface area contributed by atoms with E-state index in [1.54, 1.807) is 0 Å². The standard InChI is InChI=1S/C8H13N3/c9-4-7-5-11(6-10-7)8-2-1-3-8/h5-6,8H,1-4,9H2. The van der Waals surface area contributed by atoms with E-state index in [9.17, 15) is 0 Å². The smallest absolute Gasteiger partial charge is 0.0952 e. The van der Waals surface area contributed by atoms with Crippen LogP contribution in [0.5, 0.6) is 0 Å². The van der Waals surface area contributed by atoms with Crippen LogP contribution < -0.4 is 5.73 Å². The Hall–Kier alpha value is -0.830. The van der Waals surface area contributed by atoms with Gasteiger partial charge in [-0.3, -0.25) is 0 Å². The van der Waals surface area contributed by atoms with Gasteiger partial charge in [-0.25, -0.2) is 4.98 Å². The summed E-state index contributed by atoms with van der Waals surface area (Å²) in [7, 11) is 0. The van der Waals surface area contributed by atoms with Crippen LogP contribution in [0.2, 0.25) is 0 Å². The Morgan fingerprint density at radius 1 is 1.64 bits per heavy atom.